The summed E-state index contributed by atoms with van der Waals surface area (Å²) in [4.78, 5) is 20.2. The van der Waals surface area contributed by atoms with Crippen LogP contribution in [-0.2, 0) is 9.53 Å². The van der Waals surface area contributed by atoms with Crippen molar-refractivity contribution in [3.05, 3.63) is 17.5 Å². The number of piperidine rings is 1. The Bertz CT molecular complexity index is 444. The molecule has 1 fully saturated rings. The zero-order valence-electron chi connectivity index (χ0n) is 10.8. The lowest BCUT2D eigenvalue weighted by molar-refractivity contribution is -0.130. The van der Waals surface area contributed by atoms with Crippen LogP contribution in [0.1, 0.15) is 12.8 Å². The van der Waals surface area contributed by atoms with Gasteiger partial charge in [0.1, 0.15) is 5.82 Å². The fourth-order valence-corrected chi connectivity index (χ4v) is 2.42. The lowest BCUT2D eigenvalue weighted by Gasteiger charge is -2.35. The van der Waals surface area contributed by atoms with Gasteiger partial charge in [0, 0.05) is 13.3 Å². The Hall–Kier alpha value is -1.24. The summed E-state index contributed by atoms with van der Waals surface area (Å²) in [5.41, 5.74) is -0.503. The number of amides is 1. The number of halogens is 1. The Morgan fingerprint density at radius 1 is 1.58 bits per heavy atom. The zero-order valence-corrected chi connectivity index (χ0v) is 11.5. The molecule has 1 amide bonds. The summed E-state index contributed by atoms with van der Waals surface area (Å²) < 4.78 is 5.22. The highest BCUT2D eigenvalue weighted by molar-refractivity contribution is 6.28. The van der Waals surface area contributed by atoms with Gasteiger partial charge in [-0.1, -0.05) is 0 Å². The second-order valence-electron chi connectivity index (χ2n) is 4.63. The standard InChI is InChI=1S/C12H17ClN4O2/c1-19-8-12(3-6-14-7-4-12)10(18)16-9-2-5-15-11(13)17-9/h2,5,14H,3-4,6-8H2,1H3,(H,15,16,17,18). The van der Waals surface area contributed by atoms with Crippen LogP contribution in [0.5, 0.6) is 0 Å². The van der Waals surface area contributed by atoms with Gasteiger partial charge in [-0.25, -0.2) is 9.97 Å². The molecule has 2 rings (SSSR count). The Balaban J connectivity index is 2.11. The van der Waals surface area contributed by atoms with Crippen molar-refractivity contribution < 1.29 is 9.53 Å². The van der Waals surface area contributed by atoms with Gasteiger partial charge in [-0.15, -0.1) is 0 Å². The first kappa shape index (κ1) is 14.2. The van der Waals surface area contributed by atoms with Gasteiger partial charge in [-0.2, -0.15) is 0 Å². The fraction of sp³-hybridized carbons (Fsp3) is 0.583. The molecule has 0 aromatic carbocycles. The van der Waals surface area contributed by atoms with Gasteiger partial charge in [-0.05, 0) is 43.6 Å². The number of methoxy groups -OCH3 is 1. The number of rotatable bonds is 4. The molecule has 1 aliphatic heterocycles. The maximum atomic E-state index is 12.5. The minimum absolute atomic E-state index is 0.0781. The van der Waals surface area contributed by atoms with E-state index in [1.807, 2.05) is 0 Å². The molecule has 104 valence electrons. The molecule has 0 saturated carbocycles. The van der Waals surface area contributed by atoms with E-state index in [2.05, 4.69) is 20.6 Å². The average Bonchev–Trinajstić information content (AvgIpc) is 2.40. The zero-order chi connectivity index (χ0) is 13.7. The number of aromatic nitrogens is 2. The summed E-state index contributed by atoms with van der Waals surface area (Å²) in [6.07, 6.45) is 2.99. The molecular formula is C12H17ClN4O2. The summed E-state index contributed by atoms with van der Waals surface area (Å²) in [6, 6.07) is 1.62. The molecule has 1 aromatic rings. The van der Waals surface area contributed by atoms with E-state index in [-0.39, 0.29) is 11.2 Å². The second kappa shape index (κ2) is 6.27. The summed E-state index contributed by atoms with van der Waals surface area (Å²) in [7, 11) is 1.61. The highest BCUT2D eigenvalue weighted by atomic mass is 35.5. The van der Waals surface area contributed by atoms with Crippen molar-refractivity contribution in [2.75, 3.05) is 32.1 Å². The second-order valence-corrected chi connectivity index (χ2v) is 4.97. The molecule has 1 saturated heterocycles. The number of carbonyl (C=O) groups excluding carboxylic acids is 1. The average molecular weight is 285 g/mol. The predicted molar refractivity (Wildman–Crippen MR) is 72.1 cm³/mol. The minimum atomic E-state index is -0.503. The van der Waals surface area contributed by atoms with Crippen LogP contribution in [0.3, 0.4) is 0 Å². The summed E-state index contributed by atoms with van der Waals surface area (Å²) in [5, 5.41) is 6.15. The molecule has 0 radical (unpaired) electrons. The van der Waals surface area contributed by atoms with Crippen LogP contribution in [0.15, 0.2) is 12.3 Å². The molecule has 2 N–H and O–H groups in total. The molecule has 1 aliphatic rings. The van der Waals surface area contributed by atoms with E-state index in [1.165, 1.54) is 6.20 Å². The largest absolute Gasteiger partial charge is 0.384 e. The summed E-state index contributed by atoms with van der Waals surface area (Å²) in [5.74, 6) is 0.338. The highest BCUT2D eigenvalue weighted by Crippen LogP contribution is 2.30. The molecule has 0 aliphatic carbocycles. The lowest BCUT2D eigenvalue weighted by atomic mass is 9.78. The van der Waals surface area contributed by atoms with Crippen LogP contribution in [0.4, 0.5) is 5.82 Å². The van der Waals surface area contributed by atoms with Crippen molar-refractivity contribution in [2.24, 2.45) is 5.41 Å². The molecule has 19 heavy (non-hydrogen) atoms. The molecule has 0 atom stereocenters. The van der Waals surface area contributed by atoms with E-state index in [1.54, 1.807) is 13.2 Å². The Morgan fingerprint density at radius 2 is 2.32 bits per heavy atom. The molecule has 6 nitrogen and oxygen atoms in total. The van der Waals surface area contributed by atoms with E-state index in [0.717, 1.165) is 25.9 Å². The Kier molecular flexibility index (Phi) is 4.68. The normalized spacial score (nSPS) is 18.0. The van der Waals surface area contributed by atoms with E-state index in [4.69, 9.17) is 16.3 Å². The number of anilines is 1. The molecule has 0 unspecified atom stereocenters. The summed E-state index contributed by atoms with van der Waals surface area (Å²) in [6.45, 7) is 2.02. The van der Waals surface area contributed by atoms with E-state index >= 15 is 0 Å². The molecule has 1 aromatic heterocycles. The first-order chi connectivity index (χ1) is 9.16. The third kappa shape index (κ3) is 3.40. The van der Waals surface area contributed by atoms with E-state index in [9.17, 15) is 4.79 Å². The third-order valence-electron chi connectivity index (χ3n) is 3.33. The predicted octanol–water partition coefficient (Wildman–Crippen LogP) is 1.08. The van der Waals surface area contributed by atoms with Crippen molar-refractivity contribution in [3.8, 4) is 0 Å². The molecule has 2 heterocycles. The van der Waals surface area contributed by atoms with Crippen molar-refractivity contribution in [3.63, 3.8) is 0 Å². The highest BCUT2D eigenvalue weighted by Gasteiger charge is 2.39. The number of ether oxygens (including phenoxy) is 1. The van der Waals surface area contributed by atoms with E-state index in [0.29, 0.717) is 12.4 Å². The smallest absolute Gasteiger partial charge is 0.234 e. The van der Waals surface area contributed by atoms with Crippen LogP contribution in [0.25, 0.3) is 0 Å². The van der Waals surface area contributed by atoms with Gasteiger partial charge in [-0.3, -0.25) is 4.79 Å². The quantitative estimate of drug-likeness (QED) is 0.809. The van der Waals surface area contributed by atoms with Gasteiger partial charge in [0.25, 0.3) is 0 Å². The van der Waals surface area contributed by atoms with E-state index < -0.39 is 5.41 Å². The van der Waals surface area contributed by atoms with Crippen LogP contribution in [0.2, 0.25) is 5.28 Å². The first-order valence-electron chi connectivity index (χ1n) is 6.16. The SMILES string of the molecule is COCC1(C(=O)Nc2ccnc(Cl)n2)CCNCC1. The molecule has 0 spiro atoms. The number of hydrogen-bond donors (Lipinski definition) is 2. The number of nitrogens with one attached hydrogen (secondary N) is 2. The van der Waals surface area contributed by atoms with Crippen LogP contribution in [-0.4, -0.2) is 42.7 Å². The van der Waals surface area contributed by atoms with Crippen molar-refractivity contribution >= 4 is 23.3 Å². The van der Waals surface area contributed by atoms with Crippen molar-refractivity contribution in [2.45, 2.75) is 12.8 Å². The topological polar surface area (TPSA) is 76.1 Å². The molecule has 7 heteroatoms. The maximum absolute atomic E-state index is 12.5. The van der Waals surface area contributed by atoms with Crippen LogP contribution in [0, 0.1) is 5.41 Å². The van der Waals surface area contributed by atoms with Gasteiger partial charge in [0.15, 0.2) is 0 Å². The van der Waals surface area contributed by atoms with Gasteiger partial charge >= 0.3 is 0 Å². The summed E-state index contributed by atoms with van der Waals surface area (Å²) >= 11 is 5.70. The third-order valence-corrected chi connectivity index (χ3v) is 3.51. The Labute approximate surface area is 116 Å². The lowest BCUT2D eigenvalue weighted by Crippen LogP contribution is -2.47. The maximum Gasteiger partial charge on any atom is 0.234 e. The number of nitrogens with zero attached hydrogens (tertiary/aromatic N) is 2. The number of carbonyl (C=O) groups is 1. The van der Waals surface area contributed by atoms with Crippen molar-refractivity contribution in [1.82, 2.24) is 15.3 Å². The van der Waals surface area contributed by atoms with Gasteiger partial charge in [0.05, 0.1) is 12.0 Å². The first-order valence-corrected chi connectivity index (χ1v) is 6.54. The molecular weight excluding hydrogens is 268 g/mol. The van der Waals surface area contributed by atoms with Gasteiger partial charge < -0.3 is 15.4 Å². The van der Waals surface area contributed by atoms with Gasteiger partial charge in [0.2, 0.25) is 11.2 Å². The molecule has 0 bridgehead atoms. The minimum Gasteiger partial charge on any atom is -0.384 e. The Morgan fingerprint density at radius 3 is 2.95 bits per heavy atom. The van der Waals surface area contributed by atoms with Crippen LogP contribution < -0.4 is 10.6 Å². The van der Waals surface area contributed by atoms with Crippen molar-refractivity contribution in [1.29, 1.82) is 0 Å². The number of hydrogen-bond acceptors (Lipinski definition) is 5. The fourth-order valence-electron chi connectivity index (χ4n) is 2.27. The van der Waals surface area contributed by atoms with Crippen LogP contribution >= 0.6 is 11.6 Å². The monoisotopic (exact) mass is 284 g/mol.